The minimum absolute atomic E-state index is 0. The molecule has 1 unspecified atom stereocenters. The van der Waals surface area contributed by atoms with Crippen molar-refractivity contribution in [3.63, 3.8) is 0 Å². The third-order valence-electron chi connectivity index (χ3n) is 4.91. The normalized spacial score (nSPS) is 12.6. The standard InChI is InChI=1S/C22H36N6.HI/c1-8-23-22(24-14-19-11-9-10-12-20(19)15-27(5)6)25-16(2)13-21-17(3)26-28(7)18(21)4;/h9-12,16H,8,13-15H2,1-7H3,(H2,23,24,25);1H. The number of nitrogens with one attached hydrogen (secondary N) is 2. The Morgan fingerprint density at radius 3 is 2.41 bits per heavy atom. The van der Waals surface area contributed by atoms with Crippen LogP contribution in [0.3, 0.4) is 0 Å². The zero-order valence-corrected chi connectivity index (χ0v) is 21.2. The maximum atomic E-state index is 4.84. The molecule has 0 spiro atoms. The van der Waals surface area contributed by atoms with Gasteiger partial charge in [-0.3, -0.25) is 4.68 Å². The number of aryl methyl sites for hydroxylation is 2. The second kappa shape index (κ2) is 12.2. The van der Waals surface area contributed by atoms with Gasteiger partial charge in [-0.15, -0.1) is 24.0 Å². The molecule has 2 rings (SSSR count). The van der Waals surface area contributed by atoms with Gasteiger partial charge in [-0.1, -0.05) is 24.3 Å². The summed E-state index contributed by atoms with van der Waals surface area (Å²) in [5, 5.41) is 11.5. The van der Waals surface area contributed by atoms with E-state index in [-0.39, 0.29) is 30.0 Å². The Bertz CT molecular complexity index is 797. The molecule has 2 N–H and O–H groups in total. The molecule has 0 aliphatic heterocycles. The number of halogens is 1. The van der Waals surface area contributed by atoms with E-state index >= 15 is 0 Å². The predicted octanol–water partition coefficient (Wildman–Crippen LogP) is 3.40. The van der Waals surface area contributed by atoms with Gasteiger partial charge in [0.05, 0.1) is 12.2 Å². The topological polar surface area (TPSA) is 57.5 Å². The van der Waals surface area contributed by atoms with Gasteiger partial charge in [0.25, 0.3) is 0 Å². The lowest BCUT2D eigenvalue weighted by Crippen LogP contribution is -2.43. The molecule has 29 heavy (non-hydrogen) atoms. The number of hydrogen-bond donors (Lipinski definition) is 2. The van der Waals surface area contributed by atoms with E-state index in [1.807, 2.05) is 11.7 Å². The van der Waals surface area contributed by atoms with Crippen LogP contribution in [0.25, 0.3) is 0 Å². The largest absolute Gasteiger partial charge is 0.357 e. The lowest BCUT2D eigenvalue weighted by atomic mass is 10.1. The number of rotatable bonds is 8. The average Bonchev–Trinajstić information content (AvgIpc) is 2.86. The molecule has 1 heterocycles. The van der Waals surface area contributed by atoms with Crippen molar-refractivity contribution in [3.8, 4) is 0 Å². The molecule has 0 radical (unpaired) electrons. The van der Waals surface area contributed by atoms with E-state index < -0.39 is 0 Å². The van der Waals surface area contributed by atoms with Crippen molar-refractivity contribution in [3.05, 3.63) is 52.3 Å². The van der Waals surface area contributed by atoms with Crippen LogP contribution in [0.1, 0.15) is 41.9 Å². The number of benzene rings is 1. The quantitative estimate of drug-likeness (QED) is 0.324. The summed E-state index contributed by atoms with van der Waals surface area (Å²) in [6, 6.07) is 8.78. The molecule has 0 aliphatic carbocycles. The Morgan fingerprint density at radius 1 is 1.21 bits per heavy atom. The molecule has 162 valence electrons. The zero-order chi connectivity index (χ0) is 20.7. The second-order valence-corrected chi connectivity index (χ2v) is 7.72. The van der Waals surface area contributed by atoms with E-state index in [1.54, 1.807) is 0 Å². The van der Waals surface area contributed by atoms with Crippen molar-refractivity contribution < 1.29 is 0 Å². The first kappa shape index (κ1) is 25.4. The highest BCUT2D eigenvalue weighted by atomic mass is 127. The summed E-state index contributed by atoms with van der Waals surface area (Å²) in [5.41, 5.74) is 6.23. The zero-order valence-electron chi connectivity index (χ0n) is 18.9. The Morgan fingerprint density at radius 2 is 1.86 bits per heavy atom. The van der Waals surface area contributed by atoms with Crippen molar-refractivity contribution in [2.75, 3.05) is 20.6 Å². The first-order chi connectivity index (χ1) is 13.3. The minimum Gasteiger partial charge on any atom is -0.357 e. The average molecular weight is 512 g/mol. The fourth-order valence-corrected chi connectivity index (χ4v) is 3.39. The smallest absolute Gasteiger partial charge is 0.191 e. The third kappa shape index (κ3) is 7.62. The lowest BCUT2D eigenvalue weighted by molar-refractivity contribution is 0.401. The van der Waals surface area contributed by atoms with Crippen molar-refractivity contribution in [2.45, 2.75) is 53.2 Å². The number of aromatic nitrogens is 2. The van der Waals surface area contributed by atoms with Crippen LogP contribution in [0.15, 0.2) is 29.3 Å². The number of hydrogen-bond acceptors (Lipinski definition) is 3. The highest BCUT2D eigenvalue weighted by Crippen LogP contribution is 2.14. The fourth-order valence-electron chi connectivity index (χ4n) is 3.39. The van der Waals surface area contributed by atoms with E-state index in [0.717, 1.165) is 31.2 Å². The summed E-state index contributed by atoms with van der Waals surface area (Å²) in [7, 11) is 6.19. The minimum atomic E-state index is 0. The Labute approximate surface area is 193 Å². The van der Waals surface area contributed by atoms with Gasteiger partial charge in [0.1, 0.15) is 0 Å². The maximum Gasteiger partial charge on any atom is 0.191 e. The van der Waals surface area contributed by atoms with Gasteiger partial charge < -0.3 is 15.5 Å². The van der Waals surface area contributed by atoms with Crippen molar-refractivity contribution in [1.82, 2.24) is 25.3 Å². The molecular weight excluding hydrogens is 475 g/mol. The summed E-state index contributed by atoms with van der Waals surface area (Å²) in [6.45, 7) is 10.9. The predicted molar refractivity (Wildman–Crippen MR) is 133 cm³/mol. The maximum absolute atomic E-state index is 4.84. The molecule has 2 aromatic rings. The van der Waals surface area contributed by atoms with Crippen LogP contribution >= 0.6 is 24.0 Å². The molecule has 0 bridgehead atoms. The monoisotopic (exact) mass is 512 g/mol. The number of aliphatic imine (C=N–C) groups is 1. The first-order valence-corrected chi connectivity index (χ1v) is 10.1. The van der Waals surface area contributed by atoms with Gasteiger partial charge in [-0.25, -0.2) is 4.99 Å². The summed E-state index contributed by atoms with van der Waals surface area (Å²) >= 11 is 0. The van der Waals surface area contributed by atoms with Gasteiger partial charge in [0.2, 0.25) is 0 Å². The highest BCUT2D eigenvalue weighted by Gasteiger charge is 2.14. The van der Waals surface area contributed by atoms with Crippen LogP contribution in [-0.2, 0) is 26.6 Å². The van der Waals surface area contributed by atoms with Gasteiger partial charge in [-0.2, -0.15) is 5.10 Å². The van der Waals surface area contributed by atoms with Gasteiger partial charge in [0, 0.05) is 31.9 Å². The number of nitrogens with zero attached hydrogens (tertiary/aromatic N) is 4. The number of guanidine groups is 1. The van der Waals surface area contributed by atoms with Crippen LogP contribution in [-0.4, -0.2) is 47.3 Å². The first-order valence-electron chi connectivity index (χ1n) is 10.1. The van der Waals surface area contributed by atoms with Crippen LogP contribution in [0, 0.1) is 13.8 Å². The van der Waals surface area contributed by atoms with Crippen LogP contribution in [0.5, 0.6) is 0 Å². The van der Waals surface area contributed by atoms with Gasteiger partial charge >= 0.3 is 0 Å². The van der Waals surface area contributed by atoms with Crippen LogP contribution < -0.4 is 10.6 Å². The Balaban J connectivity index is 0.00000420. The van der Waals surface area contributed by atoms with E-state index in [4.69, 9.17) is 4.99 Å². The molecule has 1 aromatic carbocycles. The molecule has 0 fully saturated rings. The summed E-state index contributed by atoms with van der Waals surface area (Å²) in [6.07, 6.45) is 0.924. The van der Waals surface area contributed by atoms with E-state index in [0.29, 0.717) is 6.54 Å². The molecule has 6 nitrogen and oxygen atoms in total. The molecule has 1 aromatic heterocycles. The van der Waals surface area contributed by atoms with Gasteiger partial charge in [0.15, 0.2) is 5.96 Å². The SMILES string of the molecule is CCNC(=NCc1ccccc1CN(C)C)NC(C)Cc1c(C)nn(C)c1C.I. The van der Waals surface area contributed by atoms with Crippen molar-refractivity contribution >= 4 is 29.9 Å². The molecular formula is C22H37IN6. The van der Waals surface area contributed by atoms with Crippen molar-refractivity contribution in [2.24, 2.45) is 12.0 Å². The second-order valence-electron chi connectivity index (χ2n) is 7.72. The Hall–Kier alpha value is -1.61. The molecule has 0 amide bonds. The molecule has 0 aliphatic rings. The van der Waals surface area contributed by atoms with Crippen molar-refractivity contribution in [1.29, 1.82) is 0 Å². The lowest BCUT2D eigenvalue weighted by Gasteiger charge is -2.19. The third-order valence-corrected chi connectivity index (χ3v) is 4.91. The Kier molecular flexibility index (Phi) is 10.7. The summed E-state index contributed by atoms with van der Waals surface area (Å²) < 4.78 is 1.96. The van der Waals surface area contributed by atoms with E-state index in [1.165, 1.54) is 22.4 Å². The molecule has 7 heteroatoms. The molecule has 0 saturated carbocycles. The van der Waals surface area contributed by atoms with E-state index in [2.05, 4.69) is 86.7 Å². The van der Waals surface area contributed by atoms with Gasteiger partial charge in [-0.05, 0) is 64.9 Å². The summed E-state index contributed by atoms with van der Waals surface area (Å²) in [5.74, 6) is 0.855. The fraction of sp³-hybridized carbons (Fsp3) is 0.545. The molecule has 1 atom stereocenters. The molecule has 0 saturated heterocycles. The highest BCUT2D eigenvalue weighted by molar-refractivity contribution is 14.0. The summed E-state index contributed by atoms with van der Waals surface area (Å²) in [4.78, 5) is 7.03. The van der Waals surface area contributed by atoms with Crippen LogP contribution in [0.4, 0.5) is 0 Å². The van der Waals surface area contributed by atoms with Crippen LogP contribution in [0.2, 0.25) is 0 Å². The van der Waals surface area contributed by atoms with E-state index in [9.17, 15) is 0 Å².